The second-order valence-corrected chi connectivity index (χ2v) is 4.08. The van der Waals surface area contributed by atoms with Crippen LogP contribution in [0.15, 0.2) is 29.8 Å². The lowest BCUT2D eigenvalue weighted by Crippen LogP contribution is -2.18. The number of rotatable bonds is 5. The molecule has 0 aliphatic rings. The van der Waals surface area contributed by atoms with Crippen molar-refractivity contribution in [2.45, 2.75) is 20.0 Å². The van der Waals surface area contributed by atoms with Gasteiger partial charge in [0, 0.05) is 0 Å². The van der Waals surface area contributed by atoms with Crippen molar-refractivity contribution in [1.82, 2.24) is 0 Å². The van der Waals surface area contributed by atoms with E-state index in [0.717, 1.165) is 18.2 Å². The zero-order valence-corrected chi connectivity index (χ0v) is 12.1. The molecule has 0 amide bonds. The molecule has 0 atom stereocenters. The molecule has 0 unspecified atom stereocenters. The first-order chi connectivity index (χ1) is 10.3. The SMILES string of the molecule is CCOC(=O)C(=Cc1ccccc1C(F)(F)F)C(=O)OCC. The zero-order valence-electron chi connectivity index (χ0n) is 12.1. The van der Waals surface area contributed by atoms with E-state index in [1.165, 1.54) is 26.0 Å². The lowest BCUT2D eigenvalue weighted by atomic mass is 10.0. The average molecular weight is 316 g/mol. The first kappa shape index (κ1) is 17.7. The van der Waals surface area contributed by atoms with Gasteiger partial charge in [-0.25, -0.2) is 9.59 Å². The Morgan fingerprint density at radius 3 is 2.00 bits per heavy atom. The molecule has 1 aromatic carbocycles. The Morgan fingerprint density at radius 1 is 1.05 bits per heavy atom. The van der Waals surface area contributed by atoms with Crippen molar-refractivity contribution in [3.63, 3.8) is 0 Å². The summed E-state index contributed by atoms with van der Waals surface area (Å²) < 4.78 is 48.2. The zero-order chi connectivity index (χ0) is 16.8. The van der Waals surface area contributed by atoms with Gasteiger partial charge in [-0.15, -0.1) is 0 Å². The van der Waals surface area contributed by atoms with E-state index in [1.807, 2.05) is 0 Å². The monoisotopic (exact) mass is 316 g/mol. The Kier molecular flexibility index (Phi) is 6.15. The van der Waals surface area contributed by atoms with Crippen LogP contribution in [0.1, 0.15) is 25.0 Å². The fourth-order valence-corrected chi connectivity index (χ4v) is 1.66. The maximum atomic E-state index is 12.9. The van der Waals surface area contributed by atoms with Crippen molar-refractivity contribution in [1.29, 1.82) is 0 Å². The van der Waals surface area contributed by atoms with Crippen LogP contribution in [-0.4, -0.2) is 25.2 Å². The molecule has 0 bridgehead atoms. The van der Waals surface area contributed by atoms with Gasteiger partial charge in [0.1, 0.15) is 5.57 Å². The molecule has 4 nitrogen and oxygen atoms in total. The molecular formula is C15H15F3O4. The van der Waals surface area contributed by atoms with Gasteiger partial charge >= 0.3 is 18.1 Å². The Bertz CT molecular complexity index is 556. The highest BCUT2D eigenvalue weighted by Gasteiger charge is 2.33. The second-order valence-electron chi connectivity index (χ2n) is 4.08. The lowest BCUT2D eigenvalue weighted by molar-refractivity contribution is -0.146. The van der Waals surface area contributed by atoms with Gasteiger partial charge in [0.15, 0.2) is 0 Å². The number of halogens is 3. The van der Waals surface area contributed by atoms with Crippen molar-refractivity contribution in [2.75, 3.05) is 13.2 Å². The van der Waals surface area contributed by atoms with E-state index >= 15 is 0 Å². The summed E-state index contributed by atoms with van der Waals surface area (Å²) in [5, 5.41) is 0. The van der Waals surface area contributed by atoms with Gasteiger partial charge in [-0.2, -0.15) is 13.2 Å². The fourth-order valence-electron chi connectivity index (χ4n) is 1.66. The van der Waals surface area contributed by atoms with Gasteiger partial charge in [-0.3, -0.25) is 0 Å². The molecule has 0 fully saturated rings. The third-order valence-electron chi connectivity index (χ3n) is 2.56. The molecule has 0 spiro atoms. The van der Waals surface area contributed by atoms with E-state index < -0.39 is 29.3 Å². The highest BCUT2D eigenvalue weighted by Crippen LogP contribution is 2.33. The van der Waals surface area contributed by atoms with E-state index in [9.17, 15) is 22.8 Å². The second kappa shape index (κ2) is 7.63. The fraction of sp³-hybridized carbons (Fsp3) is 0.333. The Balaban J connectivity index is 3.34. The largest absolute Gasteiger partial charge is 0.462 e. The molecule has 120 valence electrons. The summed E-state index contributed by atoms with van der Waals surface area (Å²) in [7, 11) is 0. The quantitative estimate of drug-likeness (QED) is 0.362. The summed E-state index contributed by atoms with van der Waals surface area (Å²) in [5.74, 6) is -2.06. The summed E-state index contributed by atoms with van der Waals surface area (Å²) in [4.78, 5) is 23.5. The number of hydrogen-bond donors (Lipinski definition) is 0. The van der Waals surface area contributed by atoms with Gasteiger partial charge in [0.25, 0.3) is 0 Å². The van der Waals surface area contributed by atoms with E-state index in [-0.39, 0.29) is 18.8 Å². The summed E-state index contributed by atoms with van der Waals surface area (Å²) >= 11 is 0. The molecular weight excluding hydrogens is 301 g/mol. The van der Waals surface area contributed by atoms with Crippen LogP contribution in [0.3, 0.4) is 0 Å². The van der Waals surface area contributed by atoms with Crippen LogP contribution in [0.25, 0.3) is 6.08 Å². The molecule has 0 aliphatic heterocycles. The number of alkyl halides is 3. The minimum atomic E-state index is -4.61. The van der Waals surface area contributed by atoms with Gasteiger partial charge in [-0.1, -0.05) is 18.2 Å². The topological polar surface area (TPSA) is 52.6 Å². The molecule has 0 N–H and O–H groups in total. The molecule has 0 radical (unpaired) electrons. The van der Waals surface area contributed by atoms with Gasteiger partial charge < -0.3 is 9.47 Å². The summed E-state index contributed by atoms with van der Waals surface area (Å²) in [5.41, 5.74) is -1.85. The first-order valence-electron chi connectivity index (χ1n) is 6.53. The lowest BCUT2D eigenvalue weighted by Gasteiger charge is -2.11. The number of hydrogen-bond acceptors (Lipinski definition) is 4. The molecule has 0 aromatic heterocycles. The van der Waals surface area contributed by atoms with E-state index in [4.69, 9.17) is 0 Å². The van der Waals surface area contributed by atoms with Gasteiger partial charge in [-0.05, 0) is 31.6 Å². The third-order valence-corrected chi connectivity index (χ3v) is 2.56. The van der Waals surface area contributed by atoms with Crippen LogP contribution in [0.2, 0.25) is 0 Å². The van der Waals surface area contributed by atoms with Crippen molar-refractivity contribution in [3.8, 4) is 0 Å². The number of ether oxygens (including phenoxy) is 2. The van der Waals surface area contributed by atoms with Crippen LogP contribution in [0, 0.1) is 0 Å². The van der Waals surface area contributed by atoms with Crippen LogP contribution in [0.5, 0.6) is 0 Å². The molecule has 0 heterocycles. The Hall–Kier alpha value is -2.31. The van der Waals surface area contributed by atoms with Gasteiger partial charge in [0.2, 0.25) is 0 Å². The smallest absolute Gasteiger partial charge is 0.416 e. The van der Waals surface area contributed by atoms with Crippen LogP contribution < -0.4 is 0 Å². The minimum Gasteiger partial charge on any atom is -0.462 e. The highest BCUT2D eigenvalue weighted by atomic mass is 19.4. The normalized spacial score (nSPS) is 10.8. The summed E-state index contributed by atoms with van der Waals surface area (Å²) in [6, 6.07) is 4.60. The average Bonchev–Trinajstić information content (AvgIpc) is 2.44. The van der Waals surface area contributed by atoms with E-state index in [2.05, 4.69) is 9.47 Å². The predicted molar refractivity (Wildman–Crippen MR) is 72.7 cm³/mol. The summed E-state index contributed by atoms with van der Waals surface area (Å²) in [6.45, 7) is 3.00. The number of benzene rings is 1. The number of esters is 2. The van der Waals surface area contributed by atoms with Crippen molar-refractivity contribution in [3.05, 3.63) is 41.0 Å². The predicted octanol–water partition coefficient (Wildman–Crippen LogP) is 3.22. The van der Waals surface area contributed by atoms with Crippen LogP contribution >= 0.6 is 0 Å². The van der Waals surface area contributed by atoms with Crippen LogP contribution in [0.4, 0.5) is 13.2 Å². The molecule has 1 aromatic rings. The van der Waals surface area contributed by atoms with E-state index in [0.29, 0.717) is 0 Å². The summed E-state index contributed by atoms with van der Waals surface area (Å²) in [6.07, 6.45) is -3.78. The Morgan fingerprint density at radius 2 is 1.55 bits per heavy atom. The van der Waals surface area contributed by atoms with Crippen molar-refractivity contribution < 1.29 is 32.2 Å². The standard InChI is InChI=1S/C15H15F3O4/c1-3-21-13(19)11(14(20)22-4-2)9-10-7-5-6-8-12(10)15(16,17)18/h5-9H,3-4H2,1-2H3. The molecule has 22 heavy (non-hydrogen) atoms. The third kappa shape index (κ3) is 4.61. The van der Waals surface area contributed by atoms with Crippen molar-refractivity contribution in [2.24, 2.45) is 0 Å². The molecule has 1 rings (SSSR count). The molecule has 7 heteroatoms. The van der Waals surface area contributed by atoms with E-state index in [1.54, 1.807) is 0 Å². The van der Waals surface area contributed by atoms with Crippen molar-refractivity contribution >= 4 is 18.0 Å². The molecule has 0 saturated carbocycles. The maximum Gasteiger partial charge on any atom is 0.416 e. The highest BCUT2D eigenvalue weighted by molar-refractivity contribution is 6.17. The maximum absolute atomic E-state index is 12.9. The number of carbonyl (C=O) groups is 2. The number of carbonyl (C=O) groups excluding carboxylic acids is 2. The first-order valence-corrected chi connectivity index (χ1v) is 6.53. The molecule has 0 saturated heterocycles. The van der Waals surface area contributed by atoms with Crippen LogP contribution in [-0.2, 0) is 25.2 Å². The van der Waals surface area contributed by atoms with Gasteiger partial charge in [0.05, 0.1) is 18.8 Å². The Labute approximate surface area is 125 Å². The molecule has 0 aliphatic carbocycles. The minimum absolute atomic E-state index is 0.0174.